The molecule has 0 aliphatic heterocycles. The molecule has 0 atom stereocenters. The highest BCUT2D eigenvalue weighted by molar-refractivity contribution is 7.99. The molecule has 0 fully saturated rings. The van der Waals surface area contributed by atoms with Crippen molar-refractivity contribution in [2.75, 3.05) is 28.9 Å². The Labute approximate surface area is 243 Å². The van der Waals surface area contributed by atoms with Crippen molar-refractivity contribution in [3.05, 3.63) is 57.7 Å². The number of amides is 3. The number of nitrogens with one attached hydrogen (secondary N) is 4. The number of hydrogen-bond acceptors (Lipinski definition) is 9. The van der Waals surface area contributed by atoms with Crippen LogP contribution in [0.4, 0.5) is 5.00 Å². The van der Waals surface area contributed by atoms with E-state index < -0.39 is 17.8 Å². The summed E-state index contributed by atoms with van der Waals surface area (Å²) in [4.78, 5) is 48.9. The van der Waals surface area contributed by atoms with Gasteiger partial charge in [0, 0.05) is 23.4 Å². The molecule has 0 saturated heterocycles. The van der Waals surface area contributed by atoms with Crippen LogP contribution in [-0.4, -0.2) is 61.8 Å². The maximum Gasteiger partial charge on any atom is 0.305 e. The molecule has 0 bridgehead atoms. The second-order valence-corrected chi connectivity index (χ2v) is 11.1. The molecule has 15 heteroatoms. The number of anilines is 1. The molecule has 0 unspecified atom stereocenters. The third-order valence-electron chi connectivity index (χ3n) is 5.98. The van der Waals surface area contributed by atoms with Gasteiger partial charge in [-0.2, -0.15) is 0 Å². The third kappa shape index (κ3) is 7.73. The SMILES string of the molecule is O=C(O)CCNc1sc2c(c1Cc1nnc(SCC(=O)NNC(=O)CCl)n1NC(=O)c1ccccc1)CCCC2. The van der Waals surface area contributed by atoms with Crippen molar-refractivity contribution in [1.29, 1.82) is 0 Å². The van der Waals surface area contributed by atoms with Crippen LogP contribution in [0.2, 0.25) is 0 Å². The van der Waals surface area contributed by atoms with Gasteiger partial charge in [0.25, 0.3) is 11.8 Å². The Kier molecular flexibility index (Phi) is 10.4. The van der Waals surface area contributed by atoms with Gasteiger partial charge in [-0.05, 0) is 48.9 Å². The molecule has 0 radical (unpaired) electrons. The lowest BCUT2D eigenvalue weighted by atomic mass is 9.94. The highest BCUT2D eigenvalue weighted by Crippen LogP contribution is 2.39. The zero-order valence-electron chi connectivity index (χ0n) is 21.4. The zero-order valence-corrected chi connectivity index (χ0v) is 23.8. The van der Waals surface area contributed by atoms with E-state index in [0.717, 1.165) is 48.0 Å². The summed E-state index contributed by atoms with van der Waals surface area (Å²) >= 11 is 8.09. The first-order valence-electron chi connectivity index (χ1n) is 12.5. The number of carboxylic acid groups (broad SMARTS) is 1. The first kappa shape index (κ1) is 29.4. The minimum absolute atomic E-state index is 0.0144. The van der Waals surface area contributed by atoms with E-state index in [-0.39, 0.29) is 35.7 Å². The van der Waals surface area contributed by atoms with Crippen molar-refractivity contribution < 1.29 is 24.3 Å². The van der Waals surface area contributed by atoms with Crippen molar-refractivity contribution in [3.8, 4) is 0 Å². The first-order valence-corrected chi connectivity index (χ1v) is 14.9. The standard InChI is InChI=1S/C25H28ClN7O5S2/c26-13-20(34)29-30-21(35)14-39-25-31-28-19(33(25)32-23(38)15-6-2-1-3-7-15)12-17-16-8-4-5-9-18(16)40-24(17)27-11-10-22(36)37/h1-3,6-7,27H,4-5,8-14H2,(H,29,34)(H,30,35)(H,32,38)(H,36,37). The minimum atomic E-state index is -0.883. The molecule has 1 aliphatic carbocycles. The summed E-state index contributed by atoms with van der Waals surface area (Å²) in [5.41, 5.74) is 9.97. The summed E-state index contributed by atoms with van der Waals surface area (Å²) < 4.78 is 1.47. The fraction of sp³-hybridized carbons (Fsp3) is 0.360. The Morgan fingerprint density at radius 3 is 2.55 bits per heavy atom. The van der Waals surface area contributed by atoms with Crippen molar-refractivity contribution in [3.63, 3.8) is 0 Å². The largest absolute Gasteiger partial charge is 0.481 e. The highest BCUT2D eigenvalue weighted by Gasteiger charge is 2.25. The monoisotopic (exact) mass is 605 g/mol. The number of aliphatic carboxylic acids is 1. The number of fused-ring (bicyclic) bond motifs is 1. The van der Waals surface area contributed by atoms with E-state index in [9.17, 15) is 19.2 Å². The van der Waals surface area contributed by atoms with Crippen LogP contribution < -0.4 is 21.6 Å². The number of carbonyl (C=O) groups is 4. The number of carboxylic acids is 1. The van der Waals surface area contributed by atoms with E-state index >= 15 is 0 Å². The van der Waals surface area contributed by atoms with Crippen molar-refractivity contribution >= 4 is 63.4 Å². The number of thioether (sulfide) groups is 1. The Bertz CT molecular complexity index is 1380. The van der Waals surface area contributed by atoms with Crippen LogP contribution in [0.5, 0.6) is 0 Å². The van der Waals surface area contributed by atoms with E-state index in [0.29, 0.717) is 17.8 Å². The Hall–Kier alpha value is -3.62. The minimum Gasteiger partial charge on any atom is -0.481 e. The van der Waals surface area contributed by atoms with Crippen LogP contribution in [-0.2, 0) is 33.6 Å². The molecule has 5 N–H and O–H groups in total. The van der Waals surface area contributed by atoms with E-state index in [1.54, 1.807) is 35.6 Å². The molecule has 1 aliphatic rings. The predicted octanol–water partition coefficient (Wildman–Crippen LogP) is 2.56. The van der Waals surface area contributed by atoms with E-state index in [4.69, 9.17) is 16.7 Å². The number of aryl methyl sites for hydroxylation is 1. The fourth-order valence-corrected chi connectivity index (χ4v) is 6.23. The van der Waals surface area contributed by atoms with Crippen LogP contribution in [0, 0.1) is 0 Å². The number of benzene rings is 1. The van der Waals surface area contributed by atoms with Crippen molar-refractivity contribution in [2.24, 2.45) is 0 Å². The van der Waals surface area contributed by atoms with Crippen LogP contribution in [0.15, 0.2) is 35.5 Å². The lowest BCUT2D eigenvalue weighted by Gasteiger charge is -2.15. The van der Waals surface area contributed by atoms with Crippen molar-refractivity contribution in [1.82, 2.24) is 25.7 Å². The number of hydrogen-bond donors (Lipinski definition) is 5. The topological polar surface area (TPSA) is 167 Å². The van der Waals surface area contributed by atoms with Crippen LogP contribution in [0.25, 0.3) is 0 Å². The molecule has 3 aromatic rings. The number of thiophene rings is 1. The van der Waals surface area contributed by atoms with Gasteiger partial charge in [0.2, 0.25) is 11.1 Å². The number of alkyl halides is 1. The molecule has 12 nitrogen and oxygen atoms in total. The van der Waals surface area contributed by atoms with Crippen LogP contribution in [0.1, 0.15) is 51.4 Å². The maximum atomic E-state index is 13.1. The average Bonchev–Trinajstić information content (AvgIpc) is 3.51. The molecule has 3 amide bonds. The van der Waals surface area contributed by atoms with Gasteiger partial charge in [-0.25, -0.2) is 4.68 Å². The van der Waals surface area contributed by atoms with Gasteiger partial charge >= 0.3 is 5.97 Å². The average molecular weight is 606 g/mol. The molecule has 2 heterocycles. The maximum absolute atomic E-state index is 13.1. The number of nitrogens with zero attached hydrogens (tertiary/aromatic N) is 3. The van der Waals surface area contributed by atoms with E-state index in [2.05, 4.69) is 31.8 Å². The van der Waals surface area contributed by atoms with Crippen molar-refractivity contribution in [2.45, 2.75) is 43.7 Å². The van der Waals surface area contributed by atoms with Gasteiger partial charge in [0.05, 0.1) is 17.2 Å². The summed E-state index contributed by atoms with van der Waals surface area (Å²) in [6.45, 7) is 0.287. The molecule has 0 spiro atoms. The Morgan fingerprint density at radius 2 is 1.80 bits per heavy atom. The molecule has 1 aromatic carbocycles. The smallest absolute Gasteiger partial charge is 0.305 e. The quantitative estimate of drug-likeness (QED) is 0.118. The van der Waals surface area contributed by atoms with Crippen LogP contribution >= 0.6 is 34.7 Å². The summed E-state index contributed by atoms with van der Waals surface area (Å²) in [6, 6.07) is 8.67. The number of rotatable bonds is 12. The van der Waals surface area contributed by atoms with Gasteiger partial charge in [-0.3, -0.25) is 35.5 Å². The lowest BCUT2D eigenvalue weighted by molar-refractivity contribution is -0.136. The molecular formula is C25H28ClN7O5S2. The Morgan fingerprint density at radius 1 is 1.05 bits per heavy atom. The lowest BCUT2D eigenvalue weighted by Crippen LogP contribution is -2.43. The number of aromatic nitrogens is 3. The summed E-state index contributed by atoms with van der Waals surface area (Å²) in [5.74, 6) is -2.26. The molecule has 0 saturated carbocycles. The highest BCUT2D eigenvalue weighted by atomic mass is 35.5. The number of halogens is 1. The van der Waals surface area contributed by atoms with Gasteiger partial charge < -0.3 is 10.4 Å². The van der Waals surface area contributed by atoms with Gasteiger partial charge in [-0.1, -0.05) is 30.0 Å². The predicted molar refractivity (Wildman–Crippen MR) is 152 cm³/mol. The summed E-state index contributed by atoms with van der Waals surface area (Å²) in [6.07, 6.45) is 4.34. The van der Waals surface area contributed by atoms with Gasteiger partial charge in [-0.15, -0.1) is 33.1 Å². The molecular weight excluding hydrogens is 578 g/mol. The van der Waals surface area contributed by atoms with E-state index in [1.165, 1.54) is 15.1 Å². The third-order valence-corrected chi connectivity index (χ3v) is 8.45. The number of carbonyl (C=O) groups excluding carboxylic acids is 3. The van der Waals surface area contributed by atoms with E-state index in [1.807, 2.05) is 6.07 Å². The molecule has 4 rings (SSSR count). The zero-order chi connectivity index (χ0) is 28.5. The number of hydrazine groups is 1. The van der Waals surface area contributed by atoms with Crippen LogP contribution in [0.3, 0.4) is 0 Å². The molecule has 40 heavy (non-hydrogen) atoms. The normalized spacial score (nSPS) is 12.3. The van der Waals surface area contributed by atoms with Gasteiger partial charge in [0.1, 0.15) is 5.88 Å². The summed E-state index contributed by atoms with van der Waals surface area (Å²) in [5, 5.41) is 22.1. The molecule has 2 aromatic heterocycles. The fourth-order valence-electron chi connectivity index (χ4n) is 4.12. The summed E-state index contributed by atoms with van der Waals surface area (Å²) in [7, 11) is 0. The second-order valence-electron chi connectivity index (χ2n) is 8.83. The molecule has 212 valence electrons. The Balaban J connectivity index is 1.59. The first-order chi connectivity index (χ1) is 19.4. The van der Waals surface area contributed by atoms with Gasteiger partial charge in [0.15, 0.2) is 5.82 Å². The second kappa shape index (κ2) is 14.1.